The van der Waals surface area contributed by atoms with Crippen molar-refractivity contribution in [3.63, 3.8) is 0 Å². The van der Waals surface area contributed by atoms with Crippen LogP contribution < -0.4 is 11.1 Å². The lowest BCUT2D eigenvalue weighted by atomic mass is 9.92. The summed E-state index contributed by atoms with van der Waals surface area (Å²) in [6.07, 6.45) is 0.993. The molecule has 3 heteroatoms. The molecule has 1 aromatic rings. The molecule has 1 aromatic carbocycles. The van der Waals surface area contributed by atoms with E-state index in [1.54, 1.807) is 13.1 Å². The van der Waals surface area contributed by atoms with Crippen molar-refractivity contribution in [2.75, 3.05) is 12.8 Å². The van der Waals surface area contributed by atoms with Crippen LogP contribution in [-0.2, 0) is 0 Å². The second kappa shape index (κ2) is 4.82. The van der Waals surface area contributed by atoms with Gasteiger partial charge in [0.2, 0.25) is 0 Å². The van der Waals surface area contributed by atoms with Crippen LogP contribution in [0.15, 0.2) is 18.2 Å². The number of nitrogens with one attached hydrogen (secondary N) is 1. The largest absolute Gasteiger partial charge is 0.398 e. The molecule has 0 aliphatic rings. The molecule has 0 spiro atoms. The van der Waals surface area contributed by atoms with E-state index in [1.807, 2.05) is 12.1 Å². The highest BCUT2D eigenvalue weighted by Gasteiger charge is 2.16. The van der Waals surface area contributed by atoms with Gasteiger partial charge in [0.1, 0.15) is 0 Å². The number of nitrogens with two attached hydrogens (primary N) is 1. The average molecular weight is 206 g/mol. The quantitative estimate of drug-likeness (QED) is 0.744. The maximum absolute atomic E-state index is 11.7. The van der Waals surface area contributed by atoms with Crippen LogP contribution in [0.5, 0.6) is 0 Å². The van der Waals surface area contributed by atoms with E-state index in [1.165, 1.54) is 0 Å². The maximum Gasteiger partial charge on any atom is 0.253 e. The Kier molecular flexibility index (Phi) is 3.72. The summed E-state index contributed by atoms with van der Waals surface area (Å²) in [5, 5.41) is 2.62. The molecule has 3 nitrogen and oxygen atoms in total. The summed E-state index contributed by atoms with van der Waals surface area (Å²) in [7, 11) is 1.62. The number of anilines is 1. The molecular weight excluding hydrogens is 188 g/mol. The van der Waals surface area contributed by atoms with Crippen molar-refractivity contribution < 1.29 is 4.79 Å². The number of rotatable bonds is 3. The number of hydrogen-bond donors (Lipinski definition) is 2. The predicted octanol–water partition coefficient (Wildman–Crippen LogP) is 2.14. The normalized spacial score (nSPS) is 12.2. The Morgan fingerprint density at radius 2 is 2.20 bits per heavy atom. The van der Waals surface area contributed by atoms with E-state index in [0.717, 1.165) is 12.0 Å². The van der Waals surface area contributed by atoms with E-state index < -0.39 is 0 Å². The van der Waals surface area contributed by atoms with Gasteiger partial charge in [-0.05, 0) is 24.0 Å². The van der Waals surface area contributed by atoms with Crippen LogP contribution >= 0.6 is 0 Å². The van der Waals surface area contributed by atoms with Crippen LogP contribution in [0.3, 0.4) is 0 Å². The van der Waals surface area contributed by atoms with E-state index in [9.17, 15) is 4.79 Å². The van der Waals surface area contributed by atoms with Crippen molar-refractivity contribution in [1.29, 1.82) is 0 Å². The van der Waals surface area contributed by atoms with Crippen molar-refractivity contribution in [3.8, 4) is 0 Å². The van der Waals surface area contributed by atoms with Crippen LogP contribution in [0, 0.1) is 0 Å². The van der Waals surface area contributed by atoms with E-state index in [0.29, 0.717) is 17.2 Å². The second-order valence-corrected chi connectivity index (χ2v) is 3.70. The molecule has 1 unspecified atom stereocenters. The van der Waals surface area contributed by atoms with E-state index >= 15 is 0 Å². The lowest BCUT2D eigenvalue weighted by molar-refractivity contribution is 0.0962. The van der Waals surface area contributed by atoms with Gasteiger partial charge in [0.15, 0.2) is 0 Å². The number of carbonyl (C=O) groups excluding carboxylic acids is 1. The number of hydrogen-bond acceptors (Lipinski definition) is 2. The van der Waals surface area contributed by atoms with E-state index in [2.05, 4.69) is 19.2 Å². The summed E-state index contributed by atoms with van der Waals surface area (Å²) in [4.78, 5) is 11.7. The zero-order valence-electron chi connectivity index (χ0n) is 9.50. The van der Waals surface area contributed by atoms with Gasteiger partial charge in [0, 0.05) is 12.7 Å². The molecule has 82 valence electrons. The number of benzene rings is 1. The lowest BCUT2D eigenvalue weighted by Crippen LogP contribution is -2.21. The van der Waals surface area contributed by atoms with Crippen molar-refractivity contribution >= 4 is 11.6 Å². The Hall–Kier alpha value is -1.51. The molecule has 1 atom stereocenters. The zero-order chi connectivity index (χ0) is 11.4. The molecule has 0 bridgehead atoms. The highest BCUT2D eigenvalue weighted by molar-refractivity contribution is 6.00. The van der Waals surface area contributed by atoms with Crippen molar-refractivity contribution in [1.82, 2.24) is 5.32 Å². The predicted molar refractivity (Wildman–Crippen MR) is 63.0 cm³/mol. The minimum Gasteiger partial charge on any atom is -0.398 e. The second-order valence-electron chi connectivity index (χ2n) is 3.70. The van der Waals surface area contributed by atoms with Crippen LogP contribution in [0.1, 0.15) is 42.1 Å². The summed E-state index contributed by atoms with van der Waals surface area (Å²) in [5.74, 6) is 0.240. The van der Waals surface area contributed by atoms with Gasteiger partial charge in [-0.1, -0.05) is 26.0 Å². The molecule has 0 radical (unpaired) electrons. The molecule has 0 heterocycles. The van der Waals surface area contributed by atoms with Gasteiger partial charge >= 0.3 is 0 Å². The molecule has 1 amide bonds. The number of nitrogen functional groups attached to an aromatic ring is 1. The summed E-state index contributed by atoms with van der Waals surface area (Å²) >= 11 is 0. The van der Waals surface area contributed by atoms with Gasteiger partial charge in [-0.3, -0.25) is 4.79 Å². The molecular formula is C12H18N2O. The molecule has 0 saturated carbocycles. The number of amides is 1. The Morgan fingerprint density at radius 3 is 2.73 bits per heavy atom. The van der Waals surface area contributed by atoms with Gasteiger partial charge in [0.05, 0.1) is 5.56 Å². The standard InChI is InChI=1S/C12H18N2O/c1-4-8(2)9-6-5-7-10(13)11(9)12(15)14-3/h5-8H,4,13H2,1-3H3,(H,14,15). The third kappa shape index (κ3) is 2.29. The zero-order valence-corrected chi connectivity index (χ0v) is 9.50. The average Bonchev–Trinajstić information content (AvgIpc) is 2.26. The molecule has 3 N–H and O–H groups in total. The summed E-state index contributed by atoms with van der Waals surface area (Å²) in [5.41, 5.74) is 8.02. The first-order chi connectivity index (χ1) is 7.11. The molecule has 15 heavy (non-hydrogen) atoms. The Labute approximate surface area is 90.7 Å². The van der Waals surface area contributed by atoms with Crippen LogP contribution in [0.2, 0.25) is 0 Å². The minimum atomic E-state index is -0.108. The molecule has 0 saturated heterocycles. The minimum absolute atomic E-state index is 0.108. The summed E-state index contributed by atoms with van der Waals surface area (Å²) in [6, 6.07) is 5.62. The van der Waals surface area contributed by atoms with E-state index in [-0.39, 0.29) is 5.91 Å². The molecule has 0 fully saturated rings. The van der Waals surface area contributed by atoms with Gasteiger partial charge in [-0.25, -0.2) is 0 Å². The third-order valence-electron chi connectivity index (χ3n) is 2.73. The topological polar surface area (TPSA) is 55.1 Å². The Morgan fingerprint density at radius 1 is 1.53 bits per heavy atom. The van der Waals surface area contributed by atoms with Crippen LogP contribution in [0.25, 0.3) is 0 Å². The molecule has 0 aromatic heterocycles. The van der Waals surface area contributed by atoms with Gasteiger partial charge in [-0.2, -0.15) is 0 Å². The third-order valence-corrected chi connectivity index (χ3v) is 2.73. The van der Waals surface area contributed by atoms with Gasteiger partial charge < -0.3 is 11.1 Å². The smallest absolute Gasteiger partial charge is 0.253 e. The highest BCUT2D eigenvalue weighted by Crippen LogP contribution is 2.26. The van der Waals surface area contributed by atoms with Crippen molar-refractivity contribution in [2.24, 2.45) is 0 Å². The summed E-state index contributed by atoms with van der Waals surface area (Å²) < 4.78 is 0. The fraction of sp³-hybridized carbons (Fsp3) is 0.417. The first-order valence-electron chi connectivity index (χ1n) is 5.22. The SMILES string of the molecule is CCC(C)c1cccc(N)c1C(=O)NC. The van der Waals surface area contributed by atoms with E-state index in [4.69, 9.17) is 5.73 Å². The first-order valence-corrected chi connectivity index (χ1v) is 5.22. The lowest BCUT2D eigenvalue weighted by Gasteiger charge is -2.15. The van der Waals surface area contributed by atoms with Crippen molar-refractivity contribution in [2.45, 2.75) is 26.2 Å². The monoisotopic (exact) mass is 206 g/mol. The Balaban J connectivity index is 3.26. The number of carbonyl (C=O) groups is 1. The summed E-state index contributed by atoms with van der Waals surface area (Å²) in [6.45, 7) is 4.20. The van der Waals surface area contributed by atoms with Gasteiger partial charge in [0.25, 0.3) is 5.91 Å². The highest BCUT2D eigenvalue weighted by atomic mass is 16.1. The fourth-order valence-corrected chi connectivity index (χ4v) is 1.61. The Bertz CT molecular complexity index is 361. The molecule has 1 rings (SSSR count). The van der Waals surface area contributed by atoms with Crippen LogP contribution in [-0.4, -0.2) is 13.0 Å². The maximum atomic E-state index is 11.7. The van der Waals surface area contributed by atoms with Gasteiger partial charge in [-0.15, -0.1) is 0 Å². The molecule has 0 aliphatic carbocycles. The fourth-order valence-electron chi connectivity index (χ4n) is 1.61. The first kappa shape index (κ1) is 11.6. The molecule has 0 aliphatic heterocycles. The van der Waals surface area contributed by atoms with Crippen LogP contribution in [0.4, 0.5) is 5.69 Å². The van der Waals surface area contributed by atoms with Crippen molar-refractivity contribution in [3.05, 3.63) is 29.3 Å².